The summed E-state index contributed by atoms with van der Waals surface area (Å²) in [5.41, 5.74) is 0. The predicted octanol–water partition coefficient (Wildman–Crippen LogP) is 26.9. The average Bonchev–Trinajstić information content (AvgIpc) is 1.98. The van der Waals surface area contributed by atoms with E-state index in [1.165, 1.54) is 231 Å². The first kappa shape index (κ1) is 92.4. The number of likely N-dealkylation sites (N-methyl/N-ethyl adjacent to an activating group) is 1. The summed E-state index contributed by atoms with van der Waals surface area (Å²) in [5, 5.41) is 0. The number of allylic oxidation sites excluding steroid dienone is 20. The molecule has 2 atom stereocenters. The number of hydrogen-bond acceptors (Lipinski definition) is 7. The third-order valence-corrected chi connectivity index (χ3v) is 18.5. The van der Waals surface area contributed by atoms with Gasteiger partial charge in [-0.3, -0.25) is 18.6 Å². The molecule has 10 heteroatoms. The number of carbonyl (C=O) groups excluding carboxylic acids is 2. The van der Waals surface area contributed by atoms with Crippen molar-refractivity contribution in [2.75, 3.05) is 47.5 Å². The van der Waals surface area contributed by atoms with Crippen LogP contribution in [0.5, 0.6) is 0 Å². The molecular weight excluding hydrogens is 1210 g/mol. The van der Waals surface area contributed by atoms with Crippen LogP contribution in [-0.4, -0.2) is 74.9 Å². The van der Waals surface area contributed by atoms with Gasteiger partial charge < -0.3 is 18.9 Å². The van der Waals surface area contributed by atoms with E-state index in [0.29, 0.717) is 17.4 Å². The van der Waals surface area contributed by atoms with E-state index in [1.54, 1.807) is 0 Å². The minimum atomic E-state index is -4.40. The van der Waals surface area contributed by atoms with E-state index in [4.69, 9.17) is 18.5 Å². The molecule has 0 spiro atoms. The van der Waals surface area contributed by atoms with Crippen LogP contribution in [0.4, 0.5) is 0 Å². The summed E-state index contributed by atoms with van der Waals surface area (Å²) < 4.78 is 34.8. The third-order valence-electron chi connectivity index (χ3n) is 17.5. The Bertz CT molecular complexity index is 2040. The van der Waals surface area contributed by atoms with Gasteiger partial charge in [-0.1, -0.05) is 360 Å². The quantitative estimate of drug-likeness (QED) is 0.0211. The van der Waals surface area contributed by atoms with E-state index in [0.717, 1.165) is 96.3 Å². The molecule has 1 N–H and O–H groups in total. The molecule has 96 heavy (non-hydrogen) atoms. The van der Waals surface area contributed by atoms with Gasteiger partial charge >= 0.3 is 19.8 Å². The lowest BCUT2D eigenvalue weighted by Crippen LogP contribution is -2.37. The lowest BCUT2D eigenvalue weighted by atomic mass is 10.0. The minimum absolute atomic E-state index is 0.0294. The van der Waals surface area contributed by atoms with E-state index in [1.807, 2.05) is 21.1 Å². The molecule has 0 heterocycles. The van der Waals surface area contributed by atoms with Gasteiger partial charge in [0.25, 0.3) is 0 Å². The summed E-state index contributed by atoms with van der Waals surface area (Å²) in [7, 11) is 1.48. The van der Waals surface area contributed by atoms with E-state index in [9.17, 15) is 19.0 Å². The number of hydrogen-bond donors (Lipinski definition) is 1. The molecule has 2 unspecified atom stereocenters. The van der Waals surface area contributed by atoms with Gasteiger partial charge in [-0.05, 0) is 109 Å². The van der Waals surface area contributed by atoms with Gasteiger partial charge in [0.15, 0.2) is 6.10 Å². The van der Waals surface area contributed by atoms with Crippen LogP contribution in [0.2, 0.25) is 0 Å². The maximum absolute atomic E-state index is 12.9. The van der Waals surface area contributed by atoms with Crippen LogP contribution in [0.3, 0.4) is 0 Å². The molecule has 0 saturated carbocycles. The number of phosphoric ester groups is 1. The maximum atomic E-state index is 12.9. The Morgan fingerprint density at radius 1 is 0.333 bits per heavy atom. The van der Waals surface area contributed by atoms with Crippen LogP contribution in [0, 0.1) is 0 Å². The molecule has 0 saturated heterocycles. The number of nitrogens with zero attached hydrogens (tertiary/aromatic N) is 1. The van der Waals surface area contributed by atoms with Crippen molar-refractivity contribution in [3.8, 4) is 0 Å². The molecule has 554 valence electrons. The fourth-order valence-electron chi connectivity index (χ4n) is 11.4. The van der Waals surface area contributed by atoms with Gasteiger partial charge in [-0.2, -0.15) is 0 Å². The van der Waals surface area contributed by atoms with Gasteiger partial charge in [0.05, 0.1) is 27.7 Å². The largest absolute Gasteiger partial charge is 0.472 e. The lowest BCUT2D eigenvalue weighted by Gasteiger charge is -2.24. The van der Waals surface area contributed by atoms with E-state index in [-0.39, 0.29) is 32.0 Å². The summed E-state index contributed by atoms with van der Waals surface area (Å²) in [5.74, 6) is -0.787. The molecule has 0 aliphatic carbocycles. The molecular formula is C86H153NO8P+. The molecule has 0 aromatic heterocycles. The first-order chi connectivity index (χ1) is 47.0. The van der Waals surface area contributed by atoms with Gasteiger partial charge in [0.1, 0.15) is 19.8 Å². The van der Waals surface area contributed by atoms with Crippen LogP contribution in [0.15, 0.2) is 122 Å². The second-order valence-corrected chi connectivity index (χ2v) is 29.5. The van der Waals surface area contributed by atoms with Crippen LogP contribution in [0.1, 0.15) is 361 Å². The molecule has 0 fully saturated rings. The number of unbranched alkanes of at least 4 members (excludes halogenated alkanes) is 40. The van der Waals surface area contributed by atoms with Crippen molar-refractivity contribution in [1.29, 1.82) is 0 Å². The van der Waals surface area contributed by atoms with Crippen molar-refractivity contribution >= 4 is 19.8 Å². The number of rotatable bonds is 74. The highest BCUT2D eigenvalue weighted by Gasteiger charge is 2.27. The van der Waals surface area contributed by atoms with Crippen molar-refractivity contribution in [2.24, 2.45) is 0 Å². The molecule has 0 aromatic carbocycles. The molecule has 0 rings (SSSR count). The second-order valence-electron chi connectivity index (χ2n) is 28.1. The Kier molecular flexibility index (Phi) is 72.8. The van der Waals surface area contributed by atoms with Crippen LogP contribution in [0.25, 0.3) is 0 Å². The second kappa shape index (κ2) is 75.6. The SMILES string of the molecule is CC/C=C\C/C=C\C/C=C\C/C=C\C/C=C\C/C=C\C/C=C\C/C=C\CCCCCCCCCCCCCCCCC(=O)OC(COC(=O)CCCCCCCCCCCCCCCCCCCCCCC/C=C\C/C=C\CCCCCCC)COP(=O)(O)OCC[N+](C)(C)C. The highest BCUT2D eigenvalue weighted by atomic mass is 31.2. The fraction of sp³-hybridized carbons (Fsp3) is 0.744. The third kappa shape index (κ3) is 79.4. The standard InChI is InChI=1S/C86H152NO8P/c1-6-8-10-12-14-16-18-20-22-24-26-28-30-32-34-36-38-40-41-42-43-44-45-47-49-51-53-55-57-59-61-63-65-67-69-71-73-75-77-79-86(89)95-84(83-94-96(90,91)93-81-80-87(3,4)5)82-92-85(88)78-76-74-72-70-68-66-64-62-60-58-56-54-52-50-48-46-39-37-35-33-31-29-27-25-23-21-19-17-15-13-11-9-7-2/h8,10,14,16,19-22,25-28,32,34,38,40,42-43,45,47,84H,6-7,9,11-13,15,17-18,23-24,29-31,33,35-37,39,41,44,46,48-83H2,1-5H3/p+1/b10-8-,16-14-,21-19-,22-20-,27-25-,28-26-,34-32-,40-38-,43-42-,47-45-. The first-order valence-corrected chi connectivity index (χ1v) is 41.8. The number of ether oxygens (including phenoxy) is 2. The maximum Gasteiger partial charge on any atom is 0.472 e. The monoisotopic (exact) mass is 1360 g/mol. The Morgan fingerprint density at radius 2 is 0.594 bits per heavy atom. The van der Waals surface area contributed by atoms with Crippen molar-refractivity contribution in [3.05, 3.63) is 122 Å². The smallest absolute Gasteiger partial charge is 0.462 e. The number of carbonyl (C=O) groups is 2. The highest BCUT2D eigenvalue weighted by molar-refractivity contribution is 7.47. The first-order valence-electron chi connectivity index (χ1n) is 40.3. The zero-order valence-corrected chi connectivity index (χ0v) is 64.2. The topological polar surface area (TPSA) is 108 Å². The molecule has 0 amide bonds. The Balaban J connectivity index is 3.98. The molecule has 0 aromatic rings. The van der Waals surface area contributed by atoms with Crippen LogP contribution >= 0.6 is 7.82 Å². The van der Waals surface area contributed by atoms with E-state index in [2.05, 4.69) is 135 Å². The minimum Gasteiger partial charge on any atom is -0.462 e. The van der Waals surface area contributed by atoms with Gasteiger partial charge in [-0.25, -0.2) is 4.57 Å². The van der Waals surface area contributed by atoms with E-state index < -0.39 is 26.5 Å². The summed E-state index contributed by atoms with van der Waals surface area (Å²) >= 11 is 0. The van der Waals surface area contributed by atoms with Crippen molar-refractivity contribution in [1.82, 2.24) is 0 Å². The number of phosphoric acid groups is 1. The molecule has 0 bridgehead atoms. The van der Waals surface area contributed by atoms with Gasteiger partial charge in [0.2, 0.25) is 0 Å². The highest BCUT2D eigenvalue weighted by Crippen LogP contribution is 2.43. The van der Waals surface area contributed by atoms with Crippen molar-refractivity contribution in [2.45, 2.75) is 367 Å². The van der Waals surface area contributed by atoms with Crippen molar-refractivity contribution in [3.63, 3.8) is 0 Å². The molecule has 0 aliphatic heterocycles. The fourth-order valence-corrected chi connectivity index (χ4v) is 12.1. The van der Waals surface area contributed by atoms with Crippen molar-refractivity contribution < 1.29 is 42.1 Å². The lowest BCUT2D eigenvalue weighted by molar-refractivity contribution is -0.870. The molecule has 0 aliphatic rings. The summed E-state index contributed by atoms with van der Waals surface area (Å²) in [6, 6.07) is 0. The van der Waals surface area contributed by atoms with Crippen LogP contribution in [-0.2, 0) is 32.7 Å². The summed E-state index contributed by atoms with van der Waals surface area (Å²) in [6.07, 6.45) is 109. The molecule has 0 radical (unpaired) electrons. The van der Waals surface area contributed by atoms with Gasteiger partial charge in [-0.15, -0.1) is 0 Å². The zero-order valence-electron chi connectivity index (χ0n) is 63.3. The number of esters is 2. The predicted molar refractivity (Wildman–Crippen MR) is 418 cm³/mol. The van der Waals surface area contributed by atoms with Crippen LogP contribution < -0.4 is 0 Å². The number of quaternary nitrogens is 1. The Hall–Kier alpha value is -3.59. The van der Waals surface area contributed by atoms with E-state index >= 15 is 0 Å². The molecule has 9 nitrogen and oxygen atoms in total. The zero-order chi connectivity index (χ0) is 69.7. The average molecular weight is 1360 g/mol. The van der Waals surface area contributed by atoms with Gasteiger partial charge in [0, 0.05) is 12.8 Å². The summed E-state index contributed by atoms with van der Waals surface area (Å²) in [4.78, 5) is 36.0. The summed E-state index contributed by atoms with van der Waals surface area (Å²) in [6.45, 7) is 4.35. The Labute approximate surface area is 594 Å². The Morgan fingerprint density at radius 3 is 0.885 bits per heavy atom. The normalized spacial score (nSPS) is 13.7.